The Morgan fingerprint density at radius 3 is 2.53 bits per heavy atom. The van der Waals surface area contributed by atoms with Gasteiger partial charge in [-0.2, -0.15) is 0 Å². The number of hydrogen-bond donors (Lipinski definition) is 1. The number of nitrogens with two attached hydrogens (primary N) is 1. The lowest BCUT2D eigenvalue weighted by Crippen LogP contribution is -1.98. The molecule has 0 aliphatic rings. The Morgan fingerprint density at radius 2 is 2.00 bits per heavy atom. The Morgan fingerprint density at radius 1 is 1.29 bits per heavy atom. The van der Waals surface area contributed by atoms with Crippen molar-refractivity contribution in [2.45, 2.75) is 4.90 Å². The zero-order valence-electron chi connectivity index (χ0n) is 8.84. The SMILES string of the molecule is CS(=O)(=O)c1cc(F)cc(-c2cc(N)on2)c1. The lowest BCUT2D eigenvalue weighted by Gasteiger charge is -2.01. The van der Waals surface area contributed by atoms with Crippen molar-refractivity contribution >= 4 is 15.7 Å². The first-order valence-corrected chi connectivity index (χ1v) is 6.48. The maximum atomic E-state index is 13.3. The van der Waals surface area contributed by atoms with Crippen molar-refractivity contribution in [3.63, 3.8) is 0 Å². The molecule has 0 fully saturated rings. The molecule has 0 radical (unpaired) electrons. The van der Waals surface area contributed by atoms with Crippen LogP contribution in [0.1, 0.15) is 0 Å². The third-order valence-corrected chi connectivity index (χ3v) is 3.22. The molecular weight excluding hydrogens is 247 g/mol. The van der Waals surface area contributed by atoms with Gasteiger partial charge in [0.1, 0.15) is 11.5 Å². The molecule has 0 saturated heterocycles. The maximum Gasteiger partial charge on any atom is 0.222 e. The Bertz CT molecular complexity index is 664. The van der Waals surface area contributed by atoms with Crippen LogP contribution < -0.4 is 5.73 Å². The third kappa shape index (κ3) is 2.44. The van der Waals surface area contributed by atoms with Gasteiger partial charge in [0, 0.05) is 17.9 Å². The predicted octanol–water partition coefficient (Wildman–Crippen LogP) is 1.47. The minimum Gasteiger partial charge on any atom is -0.368 e. The van der Waals surface area contributed by atoms with Crippen molar-refractivity contribution in [3.05, 3.63) is 30.1 Å². The van der Waals surface area contributed by atoms with Gasteiger partial charge in [-0.15, -0.1) is 0 Å². The molecule has 17 heavy (non-hydrogen) atoms. The lowest BCUT2D eigenvalue weighted by molar-refractivity contribution is 0.439. The van der Waals surface area contributed by atoms with Gasteiger partial charge < -0.3 is 10.3 Å². The number of sulfone groups is 1. The first-order valence-electron chi connectivity index (χ1n) is 4.59. The smallest absolute Gasteiger partial charge is 0.222 e. The molecule has 2 N–H and O–H groups in total. The number of benzene rings is 1. The Labute approximate surface area is 96.9 Å². The minimum absolute atomic E-state index is 0.0742. The van der Waals surface area contributed by atoms with E-state index in [0.717, 1.165) is 18.4 Å². The molecule has 1 aromatic carbocycles. The van der Waals surface area contributed by atoms with Crippen molar-refractivity contribution in [3.8, 4) is 11.3 Å². The molecule has 1 heterocycles. The molecule has 0 amide bonds. The summed E-state index contributed by atoms with van der Waals surface area (Å²) in [5.74, 6) is -0.588. The monoisotopic (exact) mass is 256 g/mol. The Hall–Kier alpha value is -1.89. The van der Waals surface area contributed by atoms with Crippen LogP contribution in [0, 0.1) is 5.82 Å². The molecule has 0 unspecified atom stereocenters. The van der Waals surface area contributed by atoms with Gasteiger partial charge in [-0.25, -0.2) is 12.8 Å². The Balaban J connectivity index is 2.60. The standard InChI is InChI=1S/C10H9FN2O3S/c1-17(14,15)8-3-6(2-7(11)4-8)9-5-10(12)16-13-9/h2-5H,12H2,1H3. The Kier molecular flexibility index (Phi) is 2.62. The van der Waals surface area contributed by atoms with Gasteiger partial charge in [0.05, 0.1) is 4.90 Å². The van der Waals surface area contributed by atoms with Gasteiger partial charge in [-0.3, -0.25) is 0 Å². The van der Waals surface area contributed by atoms with Crippen LogP contribution in [0.4, 0.5) is 10.3 Å². The maximum absolute atomic E-state index is 13.3. The molecule has 0 bridgehead atoms. The average Bonchev–Trinajstić information content (AvgIpc) is 2.62. The van der Waals surface area contributed by atoms with Gasteiger partial charge in [0.2, 0.25) is 5.88 Å². The van der Waals surface area contributed by atoms with Gasteiger partial charge in [-0.1, -0.05) is 5.16 Å². The van der Waals surface area contributed by atoms with E-state index in [1.807, 2.05) is 0 Å². The molecule has 0 atom stereocenters. The molecule has 90 valence electrons. The van der Waals surface area contributed by atoms with Crippen molar-refractivity contribution in [1.29, 1.82) is 0 Å². The van der Waals surface area contributed by atoms with E-state index in [4.69, 9.17) is 5.73 Å². The molecule has 2 aromatic rings. The number of halogens is 1. The number of aromatic nitrogens is 1. The number of hydrogen-bond acceptors (Lipinski definition) is 5. The molecular formula is C10H9FN2O3S. The van der Waals surface area contributed by atoms with Crippen LogP contribution in [0.3, 0.4) is 0 Å². The van der Waals surface area contributed by atoms with Crippen LogP contribution in [0.2, 0.25) is 0 Å². The van der Waals surface area contributed by atoms with Crippen LogP contribution in [-0.2, 0) is 9.84 Å². The summed E-state index contributed by atoms with van der Waals surface area (Å²) >= 11 is 0. The number of anilines is 1. The summed E-state index contributed by atoms with van der Waals surface area (Å²) in [5, 5.41) is 3.59. The molecule has 7 heteroatoms. The van der Waals surface area contributed by atoms with E-state index in [1.165, 1.54) is 12.1 Å². The quantitative estimate of drug-likeness (QED) is 0.879. The van der Waals surface area contributed by atoms with E-state index >= 15 is 0 Å². The van der Waals surface area contributed by atoms with E-state index < -0.39 is 15.7 Å². The second-order valence-electron chi connectivity index (χ2n) is 3.56. The summed E-state index contributed by atoms with van der Waals surface area (Å²) in [6, 6.07) is 4.81. The second kappa shape index (κ2) is 3.85. The van der Waals surface area contributed by atoms with Crippen LogP contribution in [0.15, 0.2) is 33.7 Å². The van der Waals surface area contributed by atoms with E-state index in [-0.39, 0.29) is 16.5 Å². The van der Waals surface area contributed by atoms with Crippen LogP contribution >= 0.6 is 0 Å². The van der Waals surface area contributed by atoms with Crippen molar-refractivity contribution in [1.82, 2.24) is 5.16 Å². The third-order valence-electron chi connectivity index (χ3n) is 2.12. The normalized spacial score (nSPS) is 11.6. The highest BCUT2D eigenvalue weighted by Gasteiger charge is 2.13. The zero-order chi connectivity index (χ0) is 12.6. The highest BCUT2D eigenvalue weighted by molar-refractivity contribution is 7.90. The first kappa shape index (κ1) is 11.6. The number of nitrogens with zero attached hydrogens (tertiary/aromatic N) is 1. The number of nitrogen functional groups attached to an aromatic ring is 1. The topological polar surface area (TPSA) is 86.2 Å². The number of rotatable bonds is 2. The summed E-state index contributed by atoms with van der Waals surface area (Å²) in [5.41, 5.74) is 5.92. The molecule has 5 nitrogen and oxygen atoms in total. The summed E-state index contributed by atoms with van der Waals surface area (Å²) in [4.78, 5) is -0.117. The molecule has 0 saturated carbocycles. The zero-order valence-corrected chi connectivity index (χ0v) is 9.66. The fourth-order valence-electron chi connectivity index (χ4n) is 1.35. The molecule has 0 aliphatic carbocycles. The van der Waals surface area contributed by atoms with Crippen molar-refractivity contribution in [2.75, 3.05) is 12.0 Å². The minimum atomic E-state index is -3.48. The summed E-state index contributed by atoms with van der Waals surface area (Å²) in [7, 11) is -3.48. The van der Waals surface area contributed by atoms with Crippen LogP contribution in [-0.4, -0.2) is 19.8 Å². The average molecular weight is 256 g/mol. The fourth-order valence-corrected chi connectivity index (χ4v) is 2.02. The molecule has 1 aromatic heterocycles. The van der Waals surface area contributed by atoms with E-state index in [1.54, 1.807) is 0 Å². The van der Waals surface area contributed by atoms with Gasteiger partial charge in [-0.05, 0) is 18.2 Å². The first-order chi connectivity index (χ1) is 7.86. The highest BCUT2D eigenvalue weighted by Crippen LogP contribution is 2.24. The van der Waals surface area contributed by atoms with Gasteiger partial charge >= 0.3 is 0 Å². The van der Waals surface area contributed by atoms with Crippen molar-refractivity contribution in [2.24, 2.45) is 0 Å². The van der Waals surface area contributed by atoms with E-state index in [9.17, 15) is 12.8 Å². The summed E-state index contributed by atoms with van der Waals surface area (Å²) < 4.78 is 40.6. The van der Waals surface area contributed by atoms with E-state index in [2.05, 4.69) is 9.68 Å². The summed E-state index contributed by atoms with van der Waals surface area (Å²) in [6.07, 6.45) is 1.00. The predicted molar refractivity (Wildman–Crippen MR) is 59.4 cm³/mol. The fraction of sp³-hybridized carbons (Fsp3) is 0.100. The second-order valence-corrected chi connectivity index (χ2v) is 5.58. The van der Waals surface area contributed by atoms with E-state index in [0.29, 0.717) is 5.56 Å². The van der Waals surface area contributed by atoms with Gasteiger partial charge in [0.25, 0.3) is 0 Å². The molecule has 0 spiro atoms. The molecule has 2 rings (SSSR count). The van der Waals surface area contributed by atoms with Crippen LogP contribution in [0.25, 0.3) is 11.3 Å². The summed E-state index contributed by atoms with van der Waals surface area (Å²) in [6.45, 7) is 0. The lowest BCUT2D eigenvalue weighted by atomic mass is 10.1. The van der Waals surface area contributed by atoms with Crippen LogP contribution in [0.5, 0.6) is 0 Å². The van der Waals surface area contributed by atoms with Crippen molar-refractivity contribution < 1.29 is 17.3 Å². The van der Waals surface area contributed by atoms with Gasteiger partial charge in [0.15, 0.2) is 9.84 Å². The molecule has 0 aliphatic heterocycles. The highest BCUT2D eigenvalue weighted by atomic mass is 32.2. The largest absolute Gasteiger partial charge is 0.368 e.